The zero-order valence-corrected chi connectivity index (χ0v) is 15.9. The minimum Gasteiger partial charge on any atom is -0.357 e. The van der Waals surface area contributed by atoms with E-state index in [0.29, 0.717) is 6.54 Å². The van der Waals surface area contributed by atoms with E-state index in [0.717, 1.165) is 31.2 Å². The number of hydrogen-bond donors (Lipinski definition) is 1. The van der Waals surface area contributed by atoms with Gasteiger partial charge in [0.15, 0.2) is 5.96 Å². The van der Waals surface area contributed by atoms with Gasteiger partial charge in [0.2, 0.25) is 0 Å². The number of nitrogens with one attached hydrogen (secondary N) is 1. The Bertz CT molecular complexity index is 660. The SMILES string of the molecule is C=CCCCCCN(C)C(=NCc1ccc(-n2cncn2)cc1)NCC. The average molecular weight is 355 g/mol. The second-order valence-corrected chi connectivity index (χ2v) is 6.24. The van der Waals surface area contributed by atoms with E-state index in [2.05, 4.69) is 53.0 Å². The molecule has 0 spiro atoms. The number of unbranched alkanes of at least 4 members (excludes halogenated alkanes) is 3. The molecule has 1 N–H and O–H groups in total. The first kappa shape index (κ1) is 19.7. The molecule has 1 heterocycles. The zero-order chi connectivity index (χ0) is 18.6. The van der Waals surface area contributed by atoms with Gasteiger partial charge in [0, 0.05) is 20.1 Å². The van der Waals surface area contributed by atoms with E-state index in [1.165, 1.54) is 31.2 Å². The zero-order valence-electron chi connectivity index (χ0n) is 15.9. The second kappa shape index (κ2) is 11.1. The summed E-state index contributed by atoms with van der Waals surface area (Å²) in [5.41, 5.74) is 2.17. The maximum absolute atomic E-state index is 4.77. The van der Waals surface area contributed by atoms with Crippen molar-refractivity contribution in [2.45, 2.75) is 39.2 Å². The molecule has 140 valence electrons. The molecule has 0 fully saturated rings. The number of benzene rings is 1. The first-order valence-electron chi connectivity index (χ1n) is 9.29. The maximum Gasteiger partial charge on any atom is 0.193 e. The molecule has 0 saturated carbocycles. The van der Waals surface area contributed by atoms with Crippen LogP contribution in [0, 0.1) is 0 Å². The molecule has 6 heteroatoms. The van der Waals surface area contributed by atoms with Gasteiger partial charge >= 0.3 is 0 Å². The van der Waals surface area contributed by atoms with Gasteiger partial charge in [-0.25, -0.2) is 14.7 Å². The Kier molecular flexibility index (Phi) is 8.39. The van der Waals surface area contributed by atoms with Crippen molar-refractivity contribution in [1.29, 1.82) is 0 Å². The van der Waals surface area contributed by atoms with Gasteiger partial charge in [-0.15, -0.1) is 6.58 Å². The molecule has 6 nitrogen and oxygen atoms in total. The number of rotatable bonds is 10. The summed E-state index contributed by atoms with van der Waals surface area (Å²) in [5.74, 6) is 0.955. The average Bonchev–Trinajstić information content (AvgIpc) is 3.20. The monoisotopic (exact) mass is 354 g/mol. The lowest BCUT2D eigenvalue weighted by molar-refractivity contribution is 0.455. The minimum atomic E-state index is 0.654. The van der Waals surface area contributed by atoms with Gasteiger partial charge in [-0.3, -0.25) is 0 Å². The van der Waals surface area contributed by atoms with E-state index < -0.39 is 0 Å². The molecule has 1 aromatic heterocycles. The third kappa shape index (κ3) is 6.35. The van der Waals surface area contributed by atoms with Crippen molar-refractivity contribution in [1.82, 2.24) is 25.0 Å². The smallest absolute Gasteiger partial charge is 0.193 e. The highest BCUT2D eigenvalue weighted by Crippen LogP contribution is 2.09. The lowest BCUT2D eigenvalue weighted by atomic mass is 10.2. The Hall–Kier alpha value is -2.63. The van der Waals surface area contributed by atoms with Gasteiger partial charge in [-0.2, -0.15) is 5.10 Å². The molecule has 26 heavy (non-hydrogen) atoms. The third-order valence-corrected chi connectivity index (χ3v) is 4.13. The molecule has 0 unspecified atom stereocenters. The molecular formula is C20H30N6. The van der Waals surface area contributed by atoms with Crippen LogP contribution in [-0.4, -0.2) is 45.8 Å². The van der Waals surface area contributed by atoms with Crippen molar-refractivity contribution >= 4 is 5.96 Å². The van der Waals surface area contributed by atoms with E-state index in [9.17, 15) is 0 Å². The van der Waals surface area contributed by atoms with Gasteiger partial charge in [0.05, 0.1) is 12.2 Å². The topological polar surface area (TPSA) is 58.3 Å². The van der Waals surface area contributed by atoms with Crippen molar-refractivity contribution in [2.75, 3.05) is 20.1 Å². The van der Waals surface area contributed by atoms with Crippen LogP contribution in [0.3, 0.4) is 0 Å². The summed E-state index contributed by atoms with van der Waals surface area (Å²) in [5, 5.41) is 7.52. The van der Waals surface area contributed by atoms with Gasteiger partial charge < -0.3 is 10.2 Å². The number of aromatic nitrogens is 3. The molecule has 0 aliphatic carbocycles. The van der Waals surface area contributed by atoms with Crippen molar-refractivity contribution in [3.05, 3.63) is 55.1 Å². The third-order valence-electron chi connectivity index (χ3n) is 4.13. The Morgan fingerprint density at radius 3 is 2.73 bits per heavy atom. The van der Waals surface area contributed by atoms with E-state index in [4.69, 9.17) is 4.99 Å². The van der Waals surface area contributed by atoms with Crippen LogP contribution in [-0.2, 0) is 6.54 Å². The largest absolute Gasteiger partial charge is 0.357 e. The summed E-state index contributed by atoms with van der Waals surface area (Å²) in [7, 11) is 2.10. The molecule has 0 bridgehead atoms. The first-order chi connectivity index (χ1) is 12.7. The van der Waals surface area contributed by atoms with E-state index in [1.54, 1.807) is 11.0 Å². The van der Waals surface area contributed by atoms with Crippen LogP contribution in [0.4, 0.5) is 0 Å². The van der Waals surface area contributed by atoms with Gasteiger partial charge in [0.1, 0.15) is 12.7 Å². The second-order valence-electron chi connectivity index (χ2n) is 6.24. The van der Waals surface area contributed by atoms with Gasteiger partial charge in [-0.05, 0) is 43.9 Å². The molecular weight excluding hydrogens is 324 g/mol. The maximum atomic E-state index is 4.77. The molecule has 2 rings (SSSR count). The van der Waals surface area contributed by atoms with Crippen LogP contribution in [0.25, 0.3) is 5.69 Å². The van der Waals surface area contributed by atoms with Crippen molar-refractivity contribution in [2.24, 2.45) is 4.99 Å². The molecule has 2 aromatic rings. The normalized spacial score (nSPS) is 11.4. The van der Waals surface area contributed by atoms with Gasteiger partial charge in [0.25, 0.3) is 0 Å². The van der Waals surface area contributed by atoms with E-state index in [-0.39, 0.29) is 0 Å². The molecule has 0 saturated heterocycles. The van der Waals surface area contributed by atoms with Crippen LogP contribution in [0.2, 0.25) is 0 Å². The summed E-state index contributed by atoms with van der Waals surface area (Å²) in [6.07, 6.45) is 9.92. The fourth-order valence-electron chi connectivity index (χ4n) is 2.65. The predicted molar refractivity (Wildman–Crippen MR) is 107 cm³/mol. The highest BCUT2D eigenvalue weighted by Gasteiger charge is 2.05. The Labute approximate surface area is 156 Å². The number of guanidine groups is 1. The fraction of sp³-hybridized carbons (Fsp3) is 0.450. The van der Waals surface area contributed by atoms with E-state index >= 15 is 0 Å². The van der Waals surface area contributed by atoms with Crippen molar-refractivity contribution in [3.63, 3.8) is 0 Å². The Morgan fingerprint density at radius 2 is 2.08 bits per heavy atom. The number of allylic oxidation sites excluding steroid dienone is 1. The molecule has 0 atom stereocenters. The lowest BCUT2D eigenvalue weighted by Crippen LogP contribution is -2.39. The standard InChI is InChI=1S/C20H30N6/c1-4-6-7-8-9-14-25(3)20(22-5-2)23-15-18-10-12-19(13-11-18)26-17-21-16-24-26/h4,10-13,16-17H,1,5-9,14-15H2,2-3H3,(H,22,23). The predicted octanol–water partition coefficient (Wildman–Crippen LogP) is 3.41. The highest BCUT2D eigenvalue weighted by atomic mass is 15.3. The van der Waals surface area contributed by atoms with Gasteiger partial charge in [-0.1, -0.05) is 24.6 Å². The summed E-state index contributed by atoms with van der Waals surface area (Å²) in [4.78, 5) is 11.0. The van der Waals surface area contributed by atoms with E-state index in [1.807, 2.05) is 18.2 Å². The quantitative estimate of drug-likeness (QED) is 0.307. The highest BCUT2D eigenvalue weighted by molar-refractivity contribution is 5.79. The Balaban J connectivity index is 1.89. The summed E-state index contributed by atoms with van der Waals surface area (Å²) in [6.45, 7) is 8.40. The number of hydrogen-bond acceptors (Lipinski definition) is 3. The molecule has 0 amide bonds. The fourth-order valence-corrected chi connectivity index (χ4v) is 2.65. The minimum absolute atomic E-state index is 0.654. The first-order valence-corrected chi connectivity index (χ1v) is 9.29. The van der Waals surface area contributed by atoms with Crippen LogP contribution in [0.5, 0.6) is 0 Å². The molecule has 0 aliphatic heterocycles. The molecule has 0 aliphatic rings. The molecule has 1 aromatic carbocycles. The summed E-state index contributed by atoms with van der Waals surface area (Å²) >= 11 is 0. The van der Waals surface area contributed by atoms with Crippen LogP contribution < -0.4 is 5.32 Å². The number of nitrogens with zero attached hydrogens (tertiary/aromatic N) is 5. The Morgan fingerprint density at radius 1 is 1.27 bits per heavy atom. The summed E-state index contributed by atoms with van der Waals surface area (Å²) in [6, 6.07) is 8.24. The summed E-state index contributed by atoms with van der Waals surface area (Å²) < 4.78 is 1.75. The number of aliphatic imine (C=N–C) groups is 1. The van der Waals surface area contributed by atoms with Crippen LogP contribution in [0.15, 0.2) is 54.6 Å². The lowest BCUT2D eigenvalue weighted by Gasteiger charge is -2.22. The van der Waals surface area contributed by atoms with Crippen molar-refractivity contribution < 1.29 is 0 Å². The van der Waals surface area contributed by atoms with Crippen LogP contribution in [0.1, 0.15) is 38.2 Å². The van der Waals surface area contributed by atoms with Crippen LogP contribution >= 0.6 is 0 Å². The molecule has 0 radical (unpaired) electrons. The van der Waals surface area contributed by atoms with Crippen molar-refractivity contribution in [3.8, 4) is 5.69 Å².